The molecule has 5 nitrogen and oxygen atoms in total. The molecule has 116 valence electrons. The van der Waals surface area contributed by atoms with Crippen molar-refractivity contribution in [3.63, 3.8) is 0 Å². The third-order valence-electron chi connectivity index (χ3n) is 5.26. The maximum atomic E-state index is 5.79. The molecule has 0 saturated carbocycles. The highest BCUT2D eigenvalue weighted by atomic mass is 32.1. The molecule has 22 heavy (non-hydrogen) atoms. The summed E-state index contributed by atoms with van der Waals surface area (Å²) in [6.45, 7) is 4.26. The summed E-state index contributed by atoms with van der Waals surface area (Å²) < 4.78 is 6.97. The van der Waals surface area contributed by atoms with Crippen molar-refractivity contribution in [2.45, 2.75) is 37.5 Å². The molecule has 2 aromatic rings. The van der Waals surface area contributed by atoms with E-state index in [2.05, 4.69) is 26.2 Å². The average Bonchev–Trinajstić information content (AvgIpc) is 3.30. The van der Waals surface area contributed by atoms with Crippen LogP contribution in [0, 0.1) is 0 Å². The summed E-state index contributed by atoms with van der Waals surface area (Å²) >= 11 is 1.71. The highest BCUT2D eigenvalue weighted by Gasteiger charge is 2.44. The SMILES string of the molecule is c1cc2nc(N3C[C@@H]4C[C@H]3CN4CC3CCCO3)ncc2s1. The van der Waals surface area contributed by atoms with E-state index in [9.17, 15) is 0 Å². The van der Waals surface area contributed by atoms with Gasteiger partial charge >= 0.3 is 0 Å². The van der Waals surface area contributed by atoms with Crippen molar-refractivity contribution >= 4 is 27.5 Å². The molecule has 0 aromatic carbocycles. The lowest BCUT2D eigenvalue weighted by molar-refractivity contribution is 0.0667. The Morgan fingerprint density at radius 1 is 1.32 bits per heavy atom. The monoisotopic (exact) mass is 316 g/mol. The van der Waals surface area contributed by atoms with Crippen molar-refractivity contribution in [1.29, 1.82) is 0 Å². The molecule has 6 heteroatoms. The summed E-state index contributed by atoms with van der Waals surface area (Å²) in [6, 6.07) is 3.31. The minimum Gasteiger partial charge on any atom is -0.377 e. The zero-order chi connectivity index (χ0) is 14.5. The summed E-state index contributed by atoms with van der Waals surface area (Å²) in [5.74, 6) is 0.912. The van der Waals surface area contributed by atoms with Crippen molar-refractivity contribution < 1.29 is 4.74 Å². The molecule has 3 fully saturated rings. The predicted molar refractivity (Wildman–Crippen MR) is 87.5 cm³/mol. The lowest BCUT2D eigenvalue weighted by Gasteiger charge is -2.35. The zero-order valence-corrected chi connectivity index (χ0v) is 13.3. The molecule has 0 radical (unpaired) electrons. The van der Waals surface area contributed by atoms with Crippen molar-refractivity contribution in [3.05, 3.63) is 17.6 Å². The van der Waals surface area contributed by atoms with Crippen LogP contribution in [-0.2, 0) is 4.74 Å². The molecule has 3 atom stereocenters. The van der Waals surface area contributed by atoms with Crippen LogP contribution in [0.4, 0.5) is 5.95 Å². The molecule has 5 heterocycles. The Balaban J connectivity index is 1.31. The first-order valence-corrected chi connectivity index (χ1v) is 9.07. The molecular formula is C16H20N4OS. The number of nitrogens with zero attached hydrogens (tertiary/aromatic N) is 4. The molecule has 2 aromatic heterocycles. The molecule has 1 unspecified atom stereocenters. The zero-order valence-electron chi connectivity index (χ0n) is 12.5. The Morgan fingerprint density at radius 3 is 3.14 bits per heavy atom. The Labute approximate surface area is 133 Å². The van der Waals surface area contributed by atoms with Gasteiger partial charge in [0, 0.05) is 38.3 Å². The second-order valence-electron chi connectivity index (χ2n) is 6.62. The summed E-state index contributed by atoms with van der Waals surface area (Å²) in [7, 11) is 0. The summed E-state index contributed by atoms with van der Waals surface area (Å²) in [5, 5.41) is 2.09. The van der Waals surface area contributed by atoms with Crippen LogP contribution in [0.5, 0.6) is 0 Å². The van der Waals surface area contributed by atoms with E-state index in [-0.39, 0.29) is 0 Å². The molecule has 0 aliphatic carbocycles. The fraction of sp³-hybridized carbons (Fsp3) is 0.625. The number of ether oxygens (including phenoxy) is 1. The second-order valence-corrected chi connectivity index (χ2v) is 7.57. The molecule has 0 spiro atoms. The number of piperazine rings is 1. The Hall–Kier alpha value is -1.24. The van der Waals surface area contributed by atoms with Crippen LogP contribution in [0.25, 0.3) is 10.2 Å². The molecule has 3 saturated heterocycles. The number of rotatable bonds is 3. The molecule has 2 bridgehead atoms. The smallest absolute Gasteiger partial charge is 0.226 e. The highest BCUT2D eigenvalue weighted by molar-refractivity contribution is 7.17. The fourth-order valence-electron chi connectivity index (χ4n) is 4.16. The topological polar surface area (TPSA) is 41.5 Å². The van der Waals surface area contributed by atoms with Crippen molar-refractivity contribution in [2.75, 3.05) is 31.1 Å². The van der Waals surface area contributed by atoms with Gasteiger partial charge in [0.2, 0.25) is 5.95 Å². The van der Waals surface area contributed by atoms with Crippen LogP contribution in [0.3, 0.4) is 0 Å². The minimum absolute atomic E-state index is 0.464. The van der Waals surface area contributed by atoms with E-state index in [1.807, 2.05) is 6.20 Å². The van der Waals surface area contributed by atoms with Crippen LogP contribution in [0.15, 0.2) is 17.6 Å². The highest BCUT2D eigenvalue weighted by Crippen LogP contribution is 2.34. The first kappa shape index (κ1) is 13.2. The van der Waals surface area contributed by atoms with Gasteiger partial charge in [-0.3, -0.25) is 4.90 Å². The summed E-state index contributed by atoms with van der Waals surface area (Å²) in [6.07, 6.45) is 6.14. The molecule has 5 rings (SSSR count). The standard InChI is InChI=1S/C16H20N4OS/c1-2-13(21-4-1)10-19-8-12-6-11(19)9-20(12)16-17-7-15-14(18-16)3-5-22-15/h3,5,7,11-13H,1-2,4,6,8-10H2/t11-,12-,13?/m0/s1. The van der Waals surface area contributed by atoms with Gasteiger partial charge in [-0.05, 0) is 30.7 Å². The van der Waals surface area contributed by atoms with E-state index in [0.29, 0.717) is 18.2 Å². The van der Waals surface area contributed by atoms with E-state index in [1.54, 1.807) is 11.3 Å². The van der Waals surface area contributed by atoms with Gasteiger partial charge in [-0.25, -0.2) is 9.97 Å². The summed E-state index contributed by atoms with van der Waals surface area (Å²) in [5.41, 5.74) is 1.08. The number of hydrogen-bond donors (Lipinski definition) is 0. The number of hydrogen-bond acceptors (Lipinski definition) is 6. The van der Waals surface area contributed by atoms with Crippen LogP contribution in [0.2, 0.25) is 0 Å². The van der Waals surface area contributed by atoms with Gasteiger partial charge in [0.05, 0.1) is 22.5 Å². The van der Waals surface area contributed by atoms with Gasteiger partial charge in [0.15, 0.2) is 0 Å². The number of fused-ring (bicyclic) bond motifs is 3. The number of likely N-dealkylation sites (tertiary alicyclic amines) is 1. The third kappa shape index (κ3) is 2.13. The van der Waals surface area contributed by atoms with E-state index in [0.717, 1.165) is 37.7 Å². The number of thiophene rings is 1. The molecule has 0 amide bonds. The first-order chi connectivity index (χ1) is 10.9. The van der Waals surface area contributed by atoms with Gasteiger partial charge < -0.3 is 9.64 Å². The largest absolute Gasteiger partial charge is 0.377 e. The van der Waals surface area contributed by atoms with Crippen molar-refractivity contribution in [3.8, 4) is 0 Å². The lowest BCUT2D eigenvalue weighted by atomic mass is 10.2. The third-order valence-corrected chi connectivity index (χ3v) is 6.10. The van der Waals surface area contributed by atoms with Gasteiger partial charge in [-0.15, -0.1) is 11.3 Å². The van der Waals surface area contributed by atoms with Gasteiger partial charge in [0.25, 0.3) is 0 Å². The second kappa shape index (κ2) is 5.15. The fourth-order valence-corrected chi connectivity index (χ4v) is 4.85. The maximum Gasteiger partial charge on any atom is 0.226 e. The predicted octanol–water partition coefficient (Wildman–Crippen LogP) is 2.13. The maximum absolute atomic E-state index is 5.79. The summed E-state index contributed by atoms with van der Waals surface area (Å²) in [4.78, 5) is 14.4. The van der Waals surface area contributed by atoms with E-state index >= 15 is 0 Å². The number of anilines is 1. The van der Waals surface area contributed by atoms with Gasteiger partial charge in [-0.1, -0.05) is 0 Å². The van der Waals surface area contributed by atoms with Crippen LogP contribution >= 0.6 is 11.3 Å². The lowest BCUT2D eigenvalue weighted by Crippen LogP contribution is -2.49. The van der Waals surface area contributed by atoms with Gasteiger partial charge in [-0.2, -0.15) is 0 Å². The Bertz CT molecular complexity index is 684. The van der Waals surface area contributed by atoms with E-state index < -0.39 is 0 Å². The molecule has 3 aliphatic heterocycles. The Morgan fingerprint density at radius 2 is 2.32 bits per heavy atom. The van der Waals surface area contributed by atoms with Crippen LogP contribution in [-0.4, -0.2) is 59.3 Å². The average molecular weight is 316 g/mol. The number of aromatic nitrogens is 2. The van der Waals surface area contributed by atoms with Crippen LogP contribution < -0.4 is 4.90 Å². The van der Waals surface area contributed by atoms with E-state index in [1.165, 1.54) is 24.0 Å². The van der Waals surface area contributed by atoms with Crippen LogP contribution in [0.1, 0.15) is 19.3 Å². The molecular weight excluding hydrogens is 296 g/mol. The van der Waals surface area contributed by atoms with E-state index in [4.69, 9.17) is 9.72 Å². The first-order valence-electron chi connectivity index (χ1n) is 8.19. The molecule has 0 N–H and O–H groups in total. The Kier molecular flexibility index (Phi) is 3.09. The molecule has 3 aliphatic rings. The van der Waals surface area contributed by atoms with Gasteiger partial charge in [0.1, 0.15) is 0 Å². The minimum atomic E-state index is 0.464. The quantitative estimate of drug-likeness (QED) is 0.868. The van der Waals surface area contributed by atoms with Crippen molar-refractivity contribution in [1.82, 2.24) is 14.9 Å². The normalized spacial score (nSPS) is 31.6. The van der Waals surface area contributed by atoms with Crippen molar-refractivity contribution in [2.24, 2.45) is 0 Å².